The van der Waals surface area contributed by atoms with Crippen LogP contribution >= 0.6 is 23.2 Å². The van der Waals surface area contributed by atoms with E-state index in [0.717, 1.165) is 26.5 Å². The Kier molecular flexibility index (Phi) is 24.2. The number of halogens is 2. The summed E-state index contributed by atoms with van der Waals surface area (Å²) >= 11 is 11.6. The molecule has 0 amide bonds. The lowest BCUT2D eigenvalue weighted by Gasteiger charge is -1.99. The van der Waals surface area contributed by atoms with Crippen molar-refractivity contribution >= 4 is 23.2 Å². The van der Waals surface area contributed by atoms with Crippen molar-refractivity contribution in [1.29, 1.82) is 0 Å². The van der Waals surface area contributed by atoms with E-state index in [2.05, 4.69) is 6.92 Å². The van der Waals surface area contributed by atoms with Gasteiger partial charge in [-0.2, -0.15) is 0 Å². The minimum Gasteiger partial charge on any atom is -0.400 e. The molecule has 18 heavy (non-hydrogen) atoms. The number of hydrogen-bond acceptors (Lipinski definition) is 2. The molecule has 0 saturated heterocycles. The molecule has 108 valence electrons. The number of hydrogen-bond donors (Lipinski definition) is 2. The molecule has 1 aromatic carbocycles. The number of aliphatic hydroxyl groups is 1. The Morgan fingerprint density at radius 1 is 1.06 bits per heavy atom. The fourth-order valence-corrected chi connectivity index (χ4v) is 1.30. The van der Waals surface area contributed by atoms with Crippen molar-refractivity contribution in [3.8, 4) is 0 Å². The third-order valence-electron chi connectivity index (χ3n) is 1.52. The molecule has 0 aromatic heterocycles. The molecule has 0 aliphatic carbocycles. The Morgan fingerprint density at radius 2 is 1.50 bits per heavy atom. The van der Waals surface area contributed by atoms with Crippen LogP contribution in [0.25, 0.3) is 0 Å². The molecule has 0 heterocycles. The number of rotatable bonds is 2. The topological polar surface area (TPSA) is 46.2 Å². The number of nitrogens with two attached hydrogens (primary N) is 1. The normalized spacial score (nSPS) is 7.83. The van der Waals surface area contributed by atoms with E-state index in [-0.39, 0.29) is 0 Å². The second-order valence-corrected chi connectivity index (χ2v) is 3.72. The van der Waals surface area contributed by atoms with Crippen molar-refractivity contribution in [3.05, 3.63) is 33.8 Å². The van der Waals surface area contributed by atoms with Crippen LogP contribution in [0, 0.1) is 0 Å². The molecular formula is C14H27Cl2NO. The molecule has 4 heteroatoms. The predicted octanol–water partition coefficient (Wildman–Crippen LogP) is 4.55. The lowest BCUT2D eigenvalue weighted by molar-refractivity contribution is 0.399. The van der Waals surface area contributed by atoms with E-state index in [0.29, 0.717) is 10.0 Å². The summed E-state index contributed by atoms with van der Waals surface area (Å²) in [5.74, 6) is 0. The van der Waals surface area contributed by atoms with Gasteiger partial charge >= 0.3 is 0 Å². The van der Waals surface area contributed by atoms with E-state index in [1.165, 1.54) is 5.56 Å². The smallest absolute Gasteiger partial charge is 0.0595 e. The summed E-state index contributed by atoms with van der Waals surface area (Å²) in [5, 5.41) is 8.28. The van der Waals surface area contributed by atoms with Gasteiger partial charge in [0.2, 0.25) is 0 Å². The van der Waals surface area contributed by atoms with Crippen LogP contribution in [0.3, 0.4) is 0 Å². The molecule has 0 saturated carbocycles. The summed E-state index contributed by atoms with van der Waals surface area (Å²) in [6.07, 6.45) is 2.20. The van der Waals surface area contributed by atoms with Crippen LogP contribution in [0.1, 0.15) is 39.7 Å². The molecule has 0 spiro atoms. The van der Waals surface area contributed by atoms with Gasteiger partial charge in [0.1, 0.15) is 0 Å². The highest BCUT2D eigenvalue weighted by atomic mass is 35.5. The number of aryl methyl sites for hydroxylation is 1. The predicted molar refractivity (Wildman–Crippen MR) is 84.7 cm³/mol. The molecule has 0 aliphatic rings. The van der Waals surface area contributed by atoms with E-state index in [1.54, 1.807) is 0 Å². The monoisotopic (exact) mass is 295 g/mol. The molecule has 0 bridgehead atoms. The second-order valence-electron chi connectivity index (χ2n) is 2.91. The van der Waals surface area contributed by atoms with Crippen molar-refractivity contribution < 1.29 is 5.11 Å². The van der Waals surface area contributed by atoms with Gasteiger partial charge in [-0.05, 0) is 30.7 Å². The van der Waals surface area contributed by atoms with E-state index >= 15 is 0 Å². The highest BCUT2D eigenvalue weighted by Gasteiger charge is 1.97. The van der Waals surface area contributed by atoms with Crippen LogP contribution in [0.5, 0.6) is 0 Å². The van der Waals surface area contributed by atoms with Crippen LogP contribution in [0.2, 0.25) is 10.0 Å². The van der Waals surface area contributed by atoms with Gasteiger partial charge in [0.25, 0.3) is 0 Å². The Hall–Kier alpha value is -0.280. The molecular weight excluding hydrogens is 269 g/mol. The molecule has 0 aliphatic heterocycles. The van der Waals surface area contributed by atoms with Gasteiger partial charge in [-0.1, -0.05) is 63.4 Å². The first-order valence-corrected chi connectivity index (χ1v) is 7.00. The molecule has 1 rings (SSSR count). The minimum absolute atomic E-state index is 0.631. The van der Waals surface area contributed by atoms with Crippen LogP contribution in [0.4, 0.5) is 0 Å². The summed E-state index contributed by atoms with van der Waals surface area (Å²) < 4.78 is 0. The van der Waals surface area contributed by atoms with Crippen molar-refractivity contribution in [2.24, 2.45) is 5.73 Å². The summed E-state index contributed by atoms with van der Waals surface area (Å²) in [7, 11) is 1.00. The molecule has 1 aromatic rings. The quantitative estimate of drug-likeness (QED) is 0.841. The lowest BCUT2D eigenvalue weighted by atomic mass is 10.1. The van der Waals surface area contributed by atoms with Crippen molar-refractivity contribution in [2.45, 2.75) is 40.5 Å². The van der Waals surface area contributed by atoms with E-state index < -0.39 is 0 Å². The third-order valence-corrected chi connectivity index (χ3v) is 2.26. The SMILES string of the molecule is CC.CCCc1ccc(Cl)c(Cl)c1.CCN.CO. The lowest BCUT2D eigenvalue weighted by Crippen LogP contribution is -1.87. The first kappa shape index (κ1) is 22.9. The molecule has 0 radical (unpaired) electrons. The average Bonchev–Trinajstić information content (AvgIpc) is 2.40. The summed E-state index contributed by atoms with van der Waals surface area (Å²) in [5.41, 5.74) is 6.10. The van der Waals surface area contributed by atoms with E-state index in [9.17, 15) is 0 Å². The largest absolute Gasteiger partial charge is 0.400 e. The number of aliphatic hydroxyl groups excluding tert-OH is 1. The van der Waals surface area contributed by atoms with Gasteiger partial charge < -0.3 is 10.8 Å². The van der Waals surface area contributed by atoms with Gasteiger partial charge in [0.05, 0.1) is 10.0 Å². The molecule has 0 atom stereocenters. The maximum atomic E-state index is 7.00. The zero-order valence-electron chi connectivity index (χ0n) is 12.1. The maximum absolute atomic E-state index is 7.00. The Labute approximate surface area is 122 Å². The van der Waals surface area contributed by atoms with Crippen LogP contribution < -0.4 is 5.73 Å². The first-order chi connectivity index (χ1) is 8.65. The highest BCUT2D eigenvalue weighted by molar-refractivity contribution is 6.42. The fourth-order valence-electron chi connectivity index (χ4n) is 0.984. The van der Waals surface area contributed by atoms with E-state index in [4.69, 9.17) is 34.0 Å². The number of benzene rings is 1. The summed E-state index contributed by atoms with van der Waals surface area (Å²) in [6.45, 7) is 8.79. The van der Waals surface area contributed by atoms with Gasteiger partial charge in [0.15, 0.2) is 0 Å². The Bertz CT molecular complexity index is 268. The van der Waals surface area contributed by atoms with Crippen LogP contribution in [-0.2, 0) is 6.42 Å². The minimum atomic E-state index is 0.631. The third kappa shape index (κ3) is 13.8. The zero-order chi connectivity index (χ0) is 15.0. The van der Waals surface area contributed by atoms with Gasteiger partial charge in [-0.15, -0.1) is 0 Å². The Morgan fingerprint density at radius 3 is 1.83 bits per heavy atom. The fraction of sp³-hybridized carbons (Fsp3) is 0.571. The van der Waals surface area contributed by atoms with Crippen LogP contribution in [-0.4, -0.2) is 18.8 Å². The zero-order valence-corrected chi connectivity index (χ0v) is 13.6. The first-order valence-electron chi connectivity index (χ1n) is 6.24. The van der Waals surface area contributed by atoms with Crippen molar-refractivity contribution in [3.63, 3.8) is 0 Å². The molecule has 0 fully saturated rings. The van der Waals surface area contributed by atoms with Gasteiger partial charge in [-0.3, -0.25) is 0 Å². The summed E-state index contributed by atoms with van der Waals surface area (Å²) in [4.78, 5) is 0. The highest BCUT2D eigenvalue weighted by Crippen LogP contribution is 2.22. The van der Waals surface area contributed by atoms with Crippen molar-refractivity contribution in [1.82, 2.24) is 0 Å². The van der Waals surface area contributed by atoms with Crippen LogP contribution in [0.15, 0.2) is 18.2 Å². The maximum Gasteiger partial charge on any atom is 0.0595 e. The van der Waals surface area contributed by atoms with Crippen molar-refractivity contribution in [2.75, 3.05) is 13.7 Å². The van der Waals surface area contributed by atoms with E-state index in [1.807, 2.05) is 39.0 Å². The average molecular weight is 296 g/mol. The molecule has 3 N–H and O–H groups in total. The van der Waals surface area contributed by atoms with Gasteiger partial charge in [-0.25, -0.2) is 0 Å². The van der Waals surface area contributed by atoms with Gasteiger partial charge in [0, 0.05) is 7.11 Å². The standard InChI is InChI=1S/C9H10Cl2.C2H7N.C2H6.CH4O/c1-2-3-7-4-5-8(10)9(11)6-7;1-2-3;2*1-2/h4-6H,2-3H2,1H3;2-3H2,1H3;1-2H3;2H,1H3. The Balaban J connectivity index is -0.000000274. The summed E-state index contributed by atoms with van der Waals surface area (Å²) in [6, 6.07) is 5.78. The molecule has 2 nitrogen and oxygen atoms in total. The second kappa shape index (κ2) is 19.1. The molecule has 0 unspecified atom stereocenters.